The maximum absolute atomic E-state index is 10.7. The van der Waals surface area contributed by atoms with Gasteiger partial charge in [0.15, 0.2) is 5.58 Å². The second kappa shape index (κ2) is 10.2. The molecule has 0 saturated carbocycles. The molecule has 49 heavy (non-hydrogen) atoms. The third kappa shape index (κ3) is 3.79. The first-order chi connectivity index (χ1) is 24.2. The van der Waals surface area contributed by atoms with E-state index in [4.69, 9.17) is 11.0 Å². The minimum atomic E-state index is 0.436. The molecule has 3 aromatic heterocycles. The van der Waals surface area contributed by atoms with Crippen molar-refractivity contribution >= 4 is 71.2 Å². The summed E-state index contributed by atoms with van der Waals surface area (Å²) in [5.74, 6) is 0. The fraction of sp³-hybridized carbons (Fsp3) is 0. The molecule has 0 atom stereocenters. The standard InChI is InChI=1S/C44H24N4O/c1-46-38-19-10-18-34-36-25-35-33-17-4-7-22-41(33)48(42(35)37(26-45)43(36)49-44(34)38)30-14-9-12-28(24-30)27-11-8-13-29(23-27)47-39-20-5-2-15-31(39)32-16-3-6-21-40(32)47/h2-25H. The lowest BCUT2D eigenvalue weighted by atomic mass is 10.0. The Kier molecular flexibility index (Phi) is 5.64. The first-order valence-electron chi connectivity index (χ1n) is 16.1. The van der Waals surface area contributed by atoms with Gasteiger partial charge in [-0.25, -0.2) is 4.85 Å². The molecule has 0 aliphatic carbocycles. The Morgan fingerprint density at radius 3 is 1.65 bits per heavy atom. The lowest BCUT2D eigenvalue weighted by Gasteiger charge is -2.13. The van der Waals surface area contributed by atoms with Crippen LogP contribution < -0.4 is 0 Å². The summed E-state index contributed by atoms with van der Waals surface area (Å²) in [5, 5.41) is 16.8. The monoisotopic (exact) mass is 624 g/mol. The number of benzene rings is 7. The number of nitrogens with zero attached hydrogens (tertiary/aromatic N) is 4. The molecule has 226 valence electrons. The lowest BCUT2D eigenvalue weighted by molar-refractivity contribution is 0.670. The molecule has 7 aromatic carbocycles. The zero-order valence-corrected chi connectivity index (χ0v) is 26.1. The van der Waals surface area contributed by atoms with Gasteiger partial charge in [-0.2, -0.15) is 5.26 Å². The van der Waals surface area contributed by atoms with Crippen LogP contribution in [0.15, 0.2) is 150 Å². The molecule has 0 spiro atoms. The average Bonchev–Trinajstić information content (AvgIpc) is 3.82. The van der Waals surface area contributed by atoms with Gasteiger partial charge < -0.3 is 13.6 Å². The summed E-state index contributed by atoms with van der Waals surface area (Å²) in [6.07, 6.45) is 0. The van der Waals surface area contributed by atoms with Gasteiger partial charge in [0.05, 0.1) is 28.6 Å². The summed E-state index contributed by atoms with van der Waals surface area (Å²) < 4.78 is 10.9. The summed E-state index contributed by atoms with van der Waals surface area (Å²) in [4.78, 5) is 3.68. The molecule has 0 aliphatic rings. The fourth-order valence-corrected chi connectivity index (χ4v) is 7.67. The van der Waals surface area contributed by atoms with Gasteiger partial charge in [-0.05, 0) is 59.7 Å². The van der Waals surface area contributed by atoms with Gasteiger partial charge in [-0.15, -0.1) is 0 Å². The minimum absolute atomic E-state index is 0.436. The minimum Gasteiger partial charge on any atom is -0.466 e. The number of nitriles is 1. The molecule has 5 nitrogen and oxygen atoms in total. The van der Waals surface area contributed by atoms with Crippen molar-refractivity contribution in [3.63, 3.8) is 0 Å². The molecule has 5 heteroatoms. The van der Waals surface area contributed by atoms with Crippen molar-refractivity contribution in [1.29, 1.82) is 5.26 Å². The molecule has 0 aliphatic heterocycles. The molecule has 0 saturated heterocycles. The van der Waals surface area contributed by atoms with E-state index in [0.29, 0.717) is 22.4 Å². The highest BCUT2D eigenvalue weighted by molar-refractivity contribution is 6.21. The van der Waals surface area contributed by atoms with E-state index in [1.54, 1.807) is 6.07 Å². The summed E-state index contributed by atoms with van der Waals surface area (Å²) in [6.45, 7) is 7.68. The molecule has 10 rings (SSSR count). The van der Waals surface area contributed by atoms with Gasteiger partial charge >= 0.3 is 0 Å². The third-order valence-corrected chi connectivity index (χ3v) is 9.75. The van der Waals surface area contributed by atoms with Crippen LogP contribution in [0, 0.1) is 17.9 Å². The van der Waals surface area contributed by atoms with E-state index in [1.807, 2.05) is 24.3 Å². The predicted octanol–water partition coefficient (Wildman–Crippen LogP) is 11.9. The summed E-state index contributed by atoms with van der Waals surface area (Å²) in [7, 11) is 0. The number of fused-ring (bicyclic) bond motifs is 9. The Hall–Kier alpha value is -7.08. The van der Waals surface area contributed by atoms with Crippen molar-refractivity contribution in [3.05, 3.63) is 163 Å². The molecule has 0 amide bonds. The first-order valence-corrected chi connectivity index (χ1v) is 16.1. The van der Waals surface area contributed by atoms with Gasteiger partial charge in [0.25, 0.3) is 0 Å². The topological polar surface area (TPSA) is 51.1 Å². The van der Waals surface area contributed by atoms with Crippen LogP contribution in [0.2, 0.25) is 0 Å². The SMILES string of the molecule is [C-]#[N+]c1cccc2c1oc1c(C#N)c3c(cc12)c1ccccc1n3-c1cccc(-c2cccc(-n3c4ccccc4c4ccccc43)c2)c1. The van der Waals surface area contributed by atoms with E-state index in [0.717, 1.165) is 55.1 Å². The largest absolute Gasteiger partial charge is 0.466 e. The van der Waals surface area contributed by atoms with Crippen molar-refractivity contribution < 1.29 is 4.42 Å². The van der Waals surface area contributed by atoms with Crippen LogP contribution in [-0.4, -0.2) is 9.13 Å². The van der Waals surface area contributed by atoms with Gasteiger partial charge in [0.2, 0.25) is 5.69 Å². The molecule has 0 fully saturated rings. The van der Waals surface area contributed by atoms with Crippen molar-refractivity contribution in [1.82, 2.24) is 9.13 Å². The second-order valence-corrected chi connectivity index (χ2v) is 12.3. The average molecular weight is 625 g/mol. The molecule has 10 aromatic rings. The van der Waals surface area contributed by atoms with Crippen LogP contribution in [0.3, 0.4) is 0 Å². The molecular formula is C44H24N4O. The zero-order valence-electron chi connectivity index (χ0n) is 26.1. The molecule has 0 unspecified atom stereocenters. The van der Waals surface area contributed by atoms with Gasteiger partial charge in [0.1, 0.15) is 17.2 Å². The van der Waals surface area contributed by atoms with Crippen molar-refractivity contribution in [3.8, 4) is 28.6 Å². The molecule has 3 heterocycles. The predicted molar refractivity (Wildman–Crippen MR) is 199 cm³/mol. The van der Waals surface area contributed by atoms with Crippen molar-refractivity contribution in [2.45, 2.75) is 0 Å². The highest BCUT2D eigenvalue weighted by Gasteiger charge is 2.23. The maximum Gasteiger partial charge on any atom is 0.229 e. The van der Waals surface area contributed by atoms with Crippen LogP contribution in [0.25, 0.3) is 92.9 Å². The van der Waals surface area contributed by atoms with Crippen LogP contribution in [0.5, 0.6) is 0 Å². The Morgan fingerprint density at radius 1 is 0.510 bits per heavy atom. The van der Waals surface area contributed by atoms with Crippen molar-refractivity contribution in [2.75, 3.05) is 0 Å². The Labute approximate surface area is 280 Å². The highest BCUT2D eigenvalue weighted by Crippen LogP contribution is 2.43. The second-order valence-electron chi connectivity index (χ2n) is 12.3. The maximum atomic E-state index is 10.7. The van der Waals surface area contributed by atoms with Crippen molar-refractivity contribution in [2.24, 2.45) is 0 Å². The number of hydrogen-bond acceptors (Lipinski definition) is 2. The van der Waals surface area contributed by atoms with Gasteiger partial charge in [0, 0.05) is 43.7 Å². The van der Waals surface area contributed by atoms with Gasteiger partial charge in [-0.1, -0.05) is 97.1 Å². The van der Waals surface area contributed by atoms with Gasteiger partial charge in [-0.3, -0.25) is 0 Å². The van der Waals surface area contributed by atoms with E-state index in [1.165, 1.54) is 21.8 Å². The number of furan rings is 1. The van der Waals surface area contributed by atoms with E-state index in [2.05, 4.69) is 135 Å². The highest BCUT2D eigenvalue weighted by atomic mass is 16.3. The van der Waals surface area contributed by atoms with Crippen LogP contribution >= 0.6 is 0 Å². The number of aromatic nitrogens is 2. The summed E-state index contributed by atoms with van der Waals surface area (Å²) in [5.41, 5.74) is 10.2. The Bertz CT molecular complexity index is 3030. The quantitative estimate of drug-likeness (QED) is 0.184. The first kappa shape index (κ1) is 27.1. The molecular weight excluding hydrogens is 601 g/mol. The number of para-hydroxylation sites is 4. The number of hydrogen-bond donors (Lipinski definition) is 0. The fourth-order valence-electron chi connectivity index (χ4n) is 7.67. The Balaban J connectivity index is 1.21. The smallest absolute Gasteiger partial charge is 0.229 e. The van der Waals surface area contributed by atoms with E-state index < -0.39 is 0 Å². The molecule has 0 bridgehead atoms. The van der Waals surface area contributed by atoms with Crippen LogP contribution in [-0.2, 0) is 0 Å². The summed E-state index contributed by atoms with van der Waals surface area (Å²) in [6, 6.07) is 52.7. The number of rotatable bonds is 3. The van der Waals surface area contributed by atoms with Crippen LogP contribution in [0.1, 0.15) is 5.56 Å². The third-order valence-electron chi connectivity index (χ3n) is 9.75. The van der Waals surface area contributed by atoms with E-state index in [9.17, 15) is 5.26 Å². The molecule has 0 N–H and O–H groups in total. The van der Waals surface area contributed by atoms with Crippen LogP contribution in [0.4, 0.5) is 5.69 Å². The van der Waals surface area contributed by atoms with E-state index >= 15 is 0 Å². The van der Waals surface area contributed by atoms with E-state index in [-0.39, 0.29) is 0 Å². The summed E-state index contributed by atoms with van der Waals surface area (Å²) >= 11 is 0. The normalized spacial score (nSPS) is 11.6. The molecule has 0 radical (unpaired) electrons. The lowest BCUT2D eigenvalue weighted by Crippen LogP contribution is -1.97. The Morgan fingerprint density at radius 2 is 1.04 bits per heavy atom. The zero-order chi connectivity index (χ0) is 32.6.